The number of benzene rings is 1. The summed E-state index contributed by atoms with van der Waals surface area (Å²) in [5.41, 5.74) is -4.21. The Labute approximate surface area is 131 Å². The van der Waals surface area contributed by atoms with Gasteiger partial charge < -0.3 is 14.9 Å². The minimum Gasteiger partial charge on any atom is -0.480 e. The molecule has 0 radical (unpaired) electrons. The van der Waals surface area contributed by atoms with E-state index in [0.29, 0.717) is 0 Å². The van der Waals surface area contributed by atoms with Crippen LogP contribution in [0.3, 0.4) is 0 Å². The number of hydrogen-bond donors (Lipinski definition) is 2. The van der Waals surface area contributed by atoms with Crippen molar-refractivity contribution in [1.29, 1.82) is 0 Å². The van der Waals surface area contributed by atoms with Gasteiger partial charge in [-0.3, -0.25) is 19.7 Å². The topological polar surface area (TPSA) is 144 Å². The van der Waals surface area contributed by atoms with Crippen LogP contribution in [0, 0.1) is 10.1 Å². The van der Waals surface area contributed by atoms with Gasteiger partial charge in [0.15, 0.2) is 5.41 Å². The molecule has 0 atom stereocenters. The number of carbonyl (C=O) groups excluding carboxylic acids is 1. The maximum Gasteiger partial charge on any atom is 0.339 e. The van der Waals surface area contributed by atoms with E-state index < -0.39 is 39.5 Å². The van der Waals surface area contributed by atoms with Crippen molar-refractivity contribution < 1.29 is 34.3 Å². The molecule has 10 heteroatoms. The van der Waals surface area contributed by atoms with Gasteiger partial charge >= 0.3 is 17.9 Å². The third-order valence-electron chi connectivity index (χ3n) is 3.08. The first-order chi connectivity index (χ1) is 10.1. The van der Waals surface area contributed by atoms with Crippen molar-refractivity contribution in [2.45, 2.75) is 12.3 Å². The van der Waals surface area contributed by atoms with Crippen molar-refractivity contribution in [3.8, 4) is 0 Å². The number of nitro groups is 1. The van der Waals surface area contributed by atoms with Crippen molar-refractivity contribution in [3.63, 3.8) is 0 Å². The standard InChI is InChI=1S/C12H10BrNO8/c1-12(10(16)17,11(18)19)6-3-5(9(15)22-2)7(13)4-8(6)14(20)21/h3-4H,1-2H3,(H,16,17)(H,18,19). The van der Waals surface area contributed by atoms with Crippen LogP contribution in [0.15, 0.2) is 16.6 Å². The number of hydrogen-bond acceptors (Lipinski definition) is 6. The average Bonchev–Trinajstić information content (AvgIpc) is 2.44. The van der Waals surface area contributed by atoms with E-state index in [4.69, 9.17) is 0 Å². The Morgan fingerprint density at radius 1 is 1.27 bits per heavy atom. The lowest BCUT2D eigenvalue weighted by Crippen LogP contribution is -2.41. The van der Waals surface area contributed by atoms with Gasteiger partial charge in [-0.2, -0.15) is 0 Å². The maximum atomic E-state index is 11.6. The van der Waals surface area contributed by atoms with E-state index in [1.54, 1.807) is 0 Å². The van der Waals surface area contributed by atoms with Crippen LogP contribution in [0.2, 0.25) is 0 Å². The van der Waals surface area contributed by atoms with E-state index in [-0.39, 0.29) is 10.0 Å². The number of methoxy groups -OCH3 is 1. The normalized spacial score (nSPS) is 10.9. The molecule has 0 saturated carbocycles. The van der Waals surface area contributed by atoms with Gasteiger partial charge in [-0.1, -0.05) is 0 Å². The van der Waals surface area contributed by atoms with E-state index in [2.05, 4.69) is 20.7 Å². The molecule has 2 N–H and O–H groups in total. The Morgan fingerprint density at radius 3 is 2.14 bits per heavy atom. The SMILES string of the molecule is COC(=O)c1cc(C(C)(C(=O)O)C(=O)O)c([N+](=O)[O-])cc1Br. The van der Waals surface area contributed by atoms with Crippen molar-refractivity contribution >= 4 is 39.5 Å². The van der Waals surface area contributed by atoms with Crippen molar-refractivity contribution in [2.75, 3.05) is 7.11 Å². The first-order valence-corrected chi connectivity index (χ1v) is 6.40. The molecule has 0 saturated heterocycles. The van der Waals surface area contributed by atoms with Crippen LogP contribution in [0.25, 0.3) is 0 Å². The number of carbonyl (C=O) groups is 3. The van der Waals surface area contributed by atoms with Crippen LogP contribution in [0.5, 0.6) is 0 Å². The summed E-state index contributed by atoms with van der Waals surface area (Å²) in [6, 6.07) is 1.70. The third kappa shape index (κ3) is 2.77. The Bertz CT molecular complexity index is 670. The summed E-state index contributed by atoms with van der Waals surface area (Å²) in [6.07, 6.45) is 0. The second-order valence-corrected chi connectivity index (χ2v) is 5.19. The van der Waals surface area contributed by atoms with Gasteiger partial charge in [0.2, 0.25) is 0 Å². The van der Waals surface area contributed by atoms with Crippen LogP contribution in [-0.4, -0.2) is 40.2 Å². The van der Waals surface area contributed by atoms with Crippen molar-refractivity contribution in [1.82, 2.24) is 0 Å². The molecule has 1 aromatic carbocycles. The van der Waals surface area contributed by atoms with Gasteiger partial charge in [0.05, 0.1) is 23.2 Å². The molecule has 0 aliphatic rings. The first kappa shape index (κ1) is 17.6. The Morgan fingerprint density at radius 2 is 1.77 bits per heavy atom. The number of halogens is 1. The molecule has 0 aromatic heterocycles. The molecule has 0 aliphatic heterocycles. The molecular weight excluding hydrogens is 366 g/mol. The molecule has 0 unspecified atom stereocenters. The highest BCUT2D eigenvalue weighted by Crippen LogP contribution is 2.36. The summed E-state index contributed by atoms with van der Waals surface area (Å²) in [7, 11) is 1.06. The molecule has 22 heavy (non-hydrogen) atoms. The van der Waals surface area contributed by atoms with Gasteiger partial charge in [0, 0.05) is 10.5 Å². The molecule has 118 valence electrons. The molecule has 0 aliphatic carbocycles. The van der Waals surface area contributed by atoms with Crippen molar-refractivity contribution in [2.24, 2.45) is 0 Å². The number of rotatable bonds is 5. The van der Waals surface area contributed by atoms with Gasteiger partial charge in [-0.05, 0) is 28.9 Å². The molecule has 1 aromatic rings. The Kier molecular flexibility index (Phi) is 4.87. The van der Waals surface area contributed by atoms with Gasteiger partial charge in [0.25, 0.3) is 5.69 Å². The van der Waals surface area contributed by atoms with E-state index in [0.717, 1.165) is 26.2 Å². The molecular formula is C12H10BrNO8. The predicted octanol–water partition coefficient (Wildman–Crippen LogP) is 1.57. The number of aliphatic carboxylic acids is 2. The lowest BCUT2D eigenvalue weighted by Gasteiger charge is -2.21. The summed E-state index contributed by atoms with van der Waals surface area (Å²) in [6.45, 7) is 0.801. The molecule has 1 rings (SSSR count). The average molecular weight is 376 g/mol. The highest BCUT2D eigenvalue weighted by Gasteiger charge is 2.48. The van der Waals surface area contributed by atoms with Crippen LogP contribution in [-0.2, 0) is 19.7 Å². The van der Waals surface area contributed by atoms with E-state index in [9.17, 15) is 34.7 Å². The number of carboxylic acid groups (broad SMARTS) is 2. The summed E-state index contributed by atoms with van der Waals surface area (Å²) < 4.78 is 4.45. The maximum absolute atomic E-state index is 11.6. The highest BCUT2D eigenvalue weighted by molar-refractivity contribution is 9.10. The minimum atomic E-state index is -2.61. The van der Waals surface area contributed by atoms with Crippen LogP contribution in [0.1, 0.15) is 22.8 Å². The van der Waals surface area contributed by atoms with E-state index in [1.807, 2.05) is 0 Å². The largest absolute Gasteiger partial charge is 0.480 e. The predicted molar refractivity (Wildman–Crippen MR) is 74.8 cm³/mol. The number of ether oxygens (including phenoxy) is 1. The van der Waals surface area contributed by atoms with Crippen LogP contribution in [0.4, 0.5) is 5.69 Å². The molecule has 9 nitrogen and oxygen atoms in total. The number of nitrogens with zero attached hydrogens (tertiary/aromatic N) is 1. The molecule has 0 fully saturated rings. The molecule has 0 heterocycles. The molecule has 0 amide bonds. The molecule has 0 bridgehead atoms. The van der Waals surface area contributed by atoms with Gasteiger partial charge in [0.1, 0.15) is 0 Å². The number of nitro benzene ring substituents is 1. The Hall–Kier alpha value is -2.49. The lowest BCUT2D eigenvalue weighted by molar-refractivity contribution is -0.386. The zero-order valence-corrected chi connectivity index (χ0v) is 12.9. The quantitative estimate of drug-likeness (QED) is 0.341. The van der Waals surface area contributed by atoms with Gasteiger partial charge in [-0.25, -0.2) is 4.79 Å². The smallest absolute Gasteiger partial charge is 0.339 e. The zero-order chi connectivity index (χ0) is 17.2. The summed E-state index contributed by atoms with van der Waals surface area (Å²) in [5, 5.41) is 29.5. The number of esters is 1. The fourth-order valence-corrected chi connectivity index (χ4v) is 2.20. The first-order valence-electron chi connectivity index (χ1n) is 5.60. The summed E-state index contributed by atoms with van der Waals surface area (Å²) in [5.74, 6) is -4.51. The fraction of sp³-hybridized carbons (Fsp3) is 0.250. The van der Waals surface area contributed by atoms with E-state index >= 15 is 0 Å². The van der Waals surface area contributed by atoms with Gasteiger partial charge in [-0.15, -0.1) is 0 Å². The fourth-order valence-electron chi connectivity index (χ4n) is 1.70. The lowest BCUT2D eigenvalue weighted by atomic mass is 9.81. The van der Waals surface area contributed by atoms with E-state index in [1.165, 1.54) is 0 Å². The highest BCUT2D eigenvalue weighted by atomic mass is 79.9. The molecule has 0 spiro atoms. The summed E-state index contributed by atoms with van der Waals surface area (Å²) in [4.78, 5) is 44.5. The van der Waals surface area contributed by atoms with Crippen molar-refractivity contribution in [3.05, 3.63) is 37.8 Å². The monoisotopic (exact) mass is 375 g/mol. The summed E-state index contributed by atoms with van der Waals surface area (Å²) >= 11 is 2.93. The Balaban J connectivity index is 3.84. The third-order valence-corrected chi connectivity index (χ3v) is 3.74. The zero-order valence-electron chi connectivity index (χ0n) is 11.3. The second kappa shape index (κ2) is 6.10. The second-order valence-electron chi connectivity index (χ2n) is 4.33. The minimum absolute atomic E-state index is 0.0204. The van der Waals surface area contributed by atoms with Crippen LogP contribution >= 0.6 is 15.9 Å². The number of carboxylic acids is 2. The van der Waals surface area contributed by atoms with Crippen LogP contribution < -0.4 is 0 Å².